The van der Waals surface area contributed by atoms with Crippen LogP contribution in [-0.4, -0.2) is 22.8 Å². The van der Waals surface area contributed by atoms with Crippen molar-refractivity contribution >= 4 is 5.82 Å². The number of halogens is 3. The minimum Gasteiger partial charge on any atom is -0.352 e. The summed E-state index contributed by atoms with van der Waals surface area (Å²) in [5.74, 6) is 1.11. The van der Waals surface area contributed by atoms with Gasteiger partial charge >= 0.3 is 6.18 Å². The molecule has 0 saturated heterocycles. The van der Waals surface area contributed by atoms with Crippen molar-refractivity contribution in [3.63, 3.8) is 0 Å². The Kier molecular flexibility index (Phi) is 3.96. The second-order valence-electron chi connectivity index (χ2n) is 5.38. The van der Waals surface area contributed by atoms with Crippen LogP contribution in [0.25, 0.3) is 0 Å². The molecule has 0 aromatic carbocycles. The Morgan fingerprint density at radius 1 is 1.26 bits per heavy atom. The van der Waals surface area contributed by atoms with Crippen molar-refractivity contribution in [1.82, 2.24) is 10.2 Å². The fraction of sp³-hybridized carbons (Fsp3) is 0.692. The first-order valence-electron chi connectivity index (χ1n) is 6.55. The maximum absolute atomic E-state index is 12.4. The molecular weight excluding hydrogens is 255 g/mol. The molecule has 1 aliphatic carbocycles. The van der Waals surface area contributed by atoms with E-state index in [-0.39, 0.29) is 0 Å². The average Bonchev–Trinajstić information content (AvgIpc) is 3.13. The third-order valence-electron chi connectivity index (χ3n) is 3.17. The van der Waals surface area contributed by atoms with Crippen LogP contribution in [0.3, 0.4) is 0 Å². The van der Waals surface area contributed by atoms with Crippen LogP contribution in [0.1, 0.15) is 38.8 Å². The van der Waals surface area contributed by atoms with Crippen molar-refractivity contribution in [2.75, 3.05) is 11.4 Å². The molecule has 0 aliphatic heterocycles. The second-order valence-corrected chi connectivity index (χ2v) is 5.38. The summed E-state index contributed by atoms with van der Waals surface area (Å²) < 4.78 is 37.3. The van der Waals surface area contributed by atoms with Gasteiger partial charge in [-0.15, -0.1) is 10.2 Å². The van der Waals surface area contributed by atoms with Gasteiger partial charge in [0.15, 0.2) is 11.5 Å². The quantitative estimate of drug-likeness (QED) is 0.822. The molecule has 1 aromatic heterocycles. The zero-order valence-electron chi connectivity index (χ0n) is 11.1. The van der Waals surface area contributed by atoms with E-state index in [1.54, 1.807) is 0 Å². The number of nitrogens with zero attached hydrogens (tertiary/aromatic N) is 3. The molecule has 106 valence electrons. The van der Waals surface area contributed by atoms with Gasteiger partial charge in [-0.1, -0.05) is 13.8 Å². The molecule has 3 nitrogen and oxygen atoms in total. The van der Waals surface area contributed by atoms with E-state index in [1.165, 1.54) is 6.07 Å². The molecule has 19 heavy (non-hydrogen) atoms. The molecule has 0 atom stereocenters. The highest BCUT2D eigenvalue weighted by Crippen LogP contribution is 2.32. The van der Waals surface area contributed by atoms with Crippen LogP contribution in [0.4, 0.5) is 19.0 Å². The number of aromatic nitrogens is 2. The van der Waals surface area contributed by atoms with Crippen molar-refractivity contribution < 1.29 is 13.2 Å². The summed E-state index contributed by atoms with van der Waals surface area (Å²) in [6.45, 7) is 5.08. The highest BCUT2D eigenvalue weighted by molar-refractivity contribution is 5.40. The van der Waals surface area contributed by atoms with Gasteiger partial charge in [0, 0.05) is 12.6 Å². The van der Waals surface area contributed by atoms with Crippen molar-refractivity contribution in [1.29, 1.82) is 0 Å². The van der Waals surface area contributed by atoms with Gasteiger partial charge in [0.05, 0.1) is 0 Å². The van der Waals surface area contributed by atoms with Gasteiger partial charge < -0.3 is 4.90 Å². The Morgan fingerprint density at radius 2 is 1.95 bits per heavy atom. The summed E-state index contributed by atoms with van der Waals surface area (Å²) in [7, 11) is 0. The fourth-order valence-corrected chi connectivity index (χ4v) is 1.90. The largest absolute Gasteiger partial charge is 0.435 e. The monoisotopic (exact) mass is 273 g/mol. The van der Waals surface area contributed by atoms with Gasteiger partial charge in [0.1, 0.15) is 0 Å². The van der Waals surface area contributed by atoms with Crippen molar-refractivity contribution in [3.05, 3.63) is 17.8 Å². The number of alkyl halides is 3. The lowest BCUT2D eigenvalue weighted by molar-refractivity contribution is -0.141. The lowest BCUT2D eigenvalue weighted by Gasteiger charge is -2.24. The third kappa shape index (κ3) is 3.81. The first-order valence-corrected chi connectivity index (χ1v) is 6.55. The van der Waals surface area contributed by atoms with Crippen LogP contribution < -0.4 is 4.90 Å². The Labute approximate surface area is 110 Å². The van der Waals surface area contributed by atoms with E-state index in [4.69, 9.17) is 0 Å². The molecule has 0 unspecified atom stereocenters. The minimum atomic E-state index is -4.42. The number of rotatable bonds is 5. The Morgan fingerprint density at radius 3 is 2.37 bits per heavy atom. The molecule has 0 N–H and O–H groups in total. The molecule has 2 rings (SSSR count). The fourth-order valence-electron chi connectivity index (χ4n) is 1.90. The molecule has 1 aliphatic rings. The molecule has 0 radical (unpaired) electrons. The van der Waals surface area contributed by atoms with E-state index < -0.39 is 11.9 Å². The van der Waals surface area contributed by atoms with E-state index in [0.29, 0.717) is 17.8 Å². The second kappa shape index (κ2) is 5.35. The summed E-state index contributed by atoms with van der Waals surface area (Å²) in [5.41, 5.74) is -0.934. The van der Waals surface area contributed by atoms with Gasteiger partial charge in [-0.05, 0) is 37.3 Å². The third-order valence-corrected chi connectivity index (χ3v) is 3.17. The smallest absolute Gasteiger partial charge is 0.352 e. The number of hydrogen-bond acceptors (Lipinski definition) is 3. The van der Waals surface area contributed by atoms with Crippen LogP contribution in [0.15, 0.2) is 12.1 Å². The molecule has 0 amide bonds. The molecular formula is C13H18F3N3. The number of anilines is 1. The molecule has 1 saturated carbocycles. The standard InChI is InChI=1S/C13H18F3N3/c1-9(2)7-8-19(10-3-4-10)12-6-5-11(17-18-12)13(14,15)16/h5-6,9-10H,3-4,7-8H2,1-2H3. The lowest BCUT2D eigenvalue weighted by atomic mass is 10.1. The van der Waals surface area contributed by atoms with E-state index in [9.17, 15) is 13.2 Å². The maximum atomic E-state index is 12.4. The van der Waals surface area contributed by atoms with Crippen LogP contribution >= 0.6 is 0 Å². The minimum absolute atomic E-state index is 0.421. The molecule has 0 bridgehead atoms. The van der Waals surface area contributed by atoms with E-state index >= 15 is 0 Å². The SMILES string of the molecule is CC(C)CCN(c1ccc(C(F)(F)F)nn1)C1CC1. The van der Waals surface area contributed by atoms with Gasteiger partial charge in [-0.3, -0.25) is 0 Å². The summed E-state index contributed by atoms with van der Waals surface area (Å²) in [4.78, 5) is 2.08. The zero-order valence-corrected chi connectivity index (χ0v) is 11.1. The Balaban J connectivity index is 2.09. The van der Waals surface area contributed by atoms with Crippen LogP contribution in [0, 0.1) is 5.92 Å². The summed E-state index contributed by atoms with van der Waals surface area (Å²) in [6.07, 6.45) is -1.26. The molecule has 0 spiro atoms. The first kappa shape index (κ1) is 14.1. The van der Waals surface area contributed by atoms with E-state index in [2.05, 4.69) is 28.9 Å². The molecule has 1 aromatic rings. The van der Waals surface area contributed by atoms with Crippen molar-refractivity contribution in [2.24, 2.45) is 5.92 Å². The maximum Gasteiger partial charge on any atom is 0.435 e. The number of hydrogen-bond donors (Lipinski definition) is 0. The summed E-state index contributed by atoms with van der Waals surface area (Å²) in [6, 6.07) is 2.85. The topological polar surface area (TPSA) is 29.0 Å². The summed E-state index contributed by atoms with van der Waals surface area (Å²) in [5, 5.41) is 7.03. The highest BCUT2D eigenvalue weighted by Gasteiger charge is 2.34. The van der Waals surface area contributed by atoms with Gasteiger partial charge in [-0.25, -0.2) is 0 Å². The van der Waals surface area contributed by atoms with Gasteiger partial charge in [0.25, 0.3) is 0 Å². The normalized spacial score (nSPS) is 15.9. The van der Waals surface area contributed by atoms with Gasteiger partial charge in [-0.2, -0.15) is 13.2 Å². The molecule has 1 heterocycles. The van der Waals surface area contributed by atoms with E-state index in [1.807, 2.05) is 0 Å². The van der Waals surface area contributed by atoms with Gasteiger partial charge in [0.2, 0.25) is 0 Å². The van der Waals surface area contributed by atoms with Crippen LogP contribution in [-0.2, 0) is 6.18 Å². The first-order chi connectivity index (χ1) is 8.88. The van der Waals surface area contributed by atoms with Crippen LogP contribution in [0.2, 0.25) is 0 Å². The zero-order chi connectivity index (χ0) is 14.0. The van der Waals surface area contributed by atoms with E-state index in [0.717, 1.165) is 31.9 Å². The Hall–Kier alpha value is -1.33. The average molecular weight is 273 g/mol. The van der Waals surface area contributed by atoms with Crippen LogP contribution in [0.5, 0.6) is 0 Å². The Bertz CT molecular complexity index is 410. The molecule has 6 heteroatoms. The predicted molar refractivity (Wildman–Crippen MR) is 66.9 cm³/mol. The van der Waals surface area contributed by atoms with Crippen molar-refractivity contribution in [3.8, 4) is 0 Å². The molecule has 1 fully saturated rings. The van der Waals surface area contributed by atoms with Crippen molar-refractivity contribution in [2.45, 2.75) is 45.3 Å². The highest BCUT2D eigenvalue weighted by atomic mass is 19.4. The summed E-state index contributed by atoms with van der Waals surface area (Å²) >= 11 is 0. The predicted octanol–water partition coefficient (Wildman–Crippen LogP) is 3.51. The lowest BCUT2D eigenvalue weighted by Crippen LogP contribution is -2.29.